The van der Waals surface area contributed by atoms with Crippen LogP contribution in [0.3, 0.4) is 0 Å². The van der Waals surface area contributed by atoms with Gasteiger partial charge in [-0.3, -0.25) is 9.78 Å². The molecular formula is C15H15IN2O. The second-order valence-corrected chi connectivity index (χ2v) is 5.39. The summed E-state index contributed by atoms with van der Waals surface area (Å²) in [6.07, 6.45) is 5.76. The maximum absolute atomic E-state index is 11.8. The number of nitrogens with one attached hydrogen (secondary N) is 1. The van der Waals surface area contributed by atoms with Crippen molar-refractivity contribution in [2.75, 3.05) is 5.32 Å². The van der Waals surface area contributed by atoms with Crippen molar-refractivity contribution in [2.24, 2.45) is 0 Å². The van der Waals surface area contributed by atoms with Crippen LogP contribution in [0.2, 0.25) is 0 Å². The Labute approximate surface area is 126 Å². The Bertz CT molecular complexity index is 610. The van der Waals surface area contributed by atoms with Gasteiger partial charge >= 0.3 is 0 Å². The van der Waals surface area contributed by atoms with Crippen molar-refractivity contribution in [3.05, 3.63) is 46.7 Å². The summed E-state index contributed by atoms with van der Waals surface area (Å²) < 4.78 is 1.13. The normalized spacial score (nSPS) is 10.4. The molecule has 0 bridgehead atoms. The summed E-state index contributed by atoms with van der Waals surface area (Å²) in [4.78, 5) is 16.2. The first-order valence-electron chi connectivity index (χ1n) is 6.16. The van der Waals surface area contributed by atoms with Gasteiger partial charge in [0.2, 0.25) is 5.91 Å². The maximum atomic E-state index is 11.8. The topological polar surface area (TPSA) is 42.0 Å². The third-order valence-electron chi connectivity index (χ3n) is 2.80. The van der Waals surface area contributed by atoms with E-state index in [4.69, 9.17) is 0 Å². The lowest BCUT2D eigenvalue weighted by atomic mass is 10.2. The van der Waals surface area contributed by atoms with Crippen LogP contribution >= 0.6 is 22.6 Å². The Hall–Kier alpha value is -1.43. The Morgan fingerprint density at radius 1 is 1.42 bits per heavy atom. The molecule has 0 radical (unpaired) electrons. The quantitative estimate of drug-likeness (QED) is 0.491. The summed E-state index contributed by atoms with van der Waals surface area (Å²) >= 11 is 2.27. The molecule has 0 unspecified atom stereocenters. The lowest BCUT2D eigenvalue weighted by Gasteiger charge is -2.08. The highest BCUT2D eigenvalue weighted by molar-refractivity contribution is 14.1. The van der Waals surface area contributed by atoms with E-state index < -0.39 is 0 Å². The molecule has 98 valence electrons. The van der Waals surface area contributed by atoms with Crippen molar-refractivity contribution in [3.8, 4) is 0 Å². The van der Waals surface area contributed by atoms with E-state index in [1.165, 1.54) is 0 Å². The minimum absolute atomic E-state index is 0.0232. The molecule has 0 saturated carbocycles. The number of aromatic nitrogens is 1. The minimum atomic E-state index is 0.0232. The van der Waals surface area contributed by atoms with E-state index in [2.05, 4.69) is 39.5 Å². The molecule has 3 nitrogen and oxygen atoms in total. The van der Waals surface area contributed by atoms with Gasteiger partial charge in [-0.1, -0.05) is 12.1 Å². The number of benzene rings is 1. The van der Waals surface area contributed by atoms with Gasteiger partial charge in [0.05, 0.1) is 11.2 Å². The molecule has 19 heavy (non-hydrogen) atoms. The molecule has 0 aliphatic heterocycles. The second kappa shape index (κ2) is 6.65. The Balaban J connectivity index is 2.19. The van der Waals surface area contributed by atoms with Crippen molar-refractivity contribution < 1.29 is 4.79 Å². The molecule has 0 aliphatic carbocycles. The molecule has 0 saturated heterocycles. The number of fused-ring (bicyclic) bond motifs is 1. The Morgan fingerprint density at radius 3 is 3.05 bits per heavy atom. The van der Waals surface area contributed by atoms with E-state index in [1.807, 2.05) is 30.3 Å². The highest BCUT2D eigenvalue weighted by Gasteiger charge is 2.08. The molecule has 1 amide bonds. The molecule has 1 N–H and O–H groups in total. The number of hydrogen-bond acceptors (Lipinski definition) is 2. The minimum Gasteiger partial charge on any atom is -0.324 e. The van der Waals surface area contributed by atoms with Gasteiger partial charge in [0.15, 0.2) is 0 Å². The first kappa shape index (κ1) is 14.0. The lowest BCUT2D eigenvalue weighted by Crippen LogP contribution is -2.11. The first-order valence-corrected chi connectivity index (χ1v) is 7.24. The number of pyridine rings is 1. The molecule has 0 aliphatic rings. The number of allylic oxidation sites excluding steroid dienone is 1. The smallest absolute Gasteiger partial charge is 0.224 e. The summed E-state index contributed by atoms with van der Waals surface area (Å²) in [6, 6.07) is 7.81. The molecule has 2 aromatic rings. The van der Waals surface area contributed by atoms with Crippen LogP contribution in [0.25, 0.3) is 10.9 Å². The van der Waals surface area contributed by atoms with Gasteiger partial charge in [0, 0.05) is 21.6 Å². The zero-order valence-corrected chi connectivity index (χ0v) is 12.7. The van der Waals surface area contributed by atoms with Gasteiger partial charge < -0.3 is 5.32 Å². The average molecular weight is 366 g/mol. The Morgan fingerprint density at radius 2 is 2.26 bits per heavy atom. The van der Waals surface area contributed by atoms with Crippen molar-refractivity contribution in [3.63, 3.8) is 0 Å². The van der Waals surface area contributed by atoms with Crippen molar-refractivity contribution in [1.29, 1.82) is 0 Å². The van der Waals surface area contributed by atoms with E-state index in [-0.39, 0.29) is 5.91 Å². The molecule has 4 heteroatoms. The van der Waals surface area contributed by atoms with E-state index in [9.17, 15) is 4.79 Å². The summed E-state index contributed by atoms with van der Waals surface area (Å²) in [5.41, 5.74) is 1.62. The third kappa shape index (κ3) is 3.53. The fourth-order valence-corrected chi connectivity index (χ4v) is 2.47. The fraction of sp³-hybridized carbons (Fsp3) is 0.200. The number of anilines is 1. The van der Waals surface area contributed by atoms with Crippen LogP contribution in [-0.4, -0.2) is 10.9 Å². The van der Waals surface area contributed by atoms with Gasteiger partial charge in [-0.15, -0.1) is 6.58 Å². The van der Waals surface area contributed by atoms with E-state index in [0.29, 0.717) is 6.42 Å². The van der Waals surface area contributed by atoms with E-state index in [0.717, 1.165) is 33.0 Å². The van der Waals surface area contributed by atoms with Gasteiger partial charge in [0.25, 0.3) is 0 Å². The number of unbranched alkanes of at least 4 members (excludes halogenated alkanes) is 1. The first-order chi connectivity index (χ1) is 9.22. The molecule has 2 rings (SSSR count). The van der Waals surface area contributed by atoms with Crippen LogP contribution in [0.15, 0.2) is 43.1 Å². The van der Waals surface area contributed by atoms with Crippen molar-refractivity contribution in [1.82, 2.24) is 4.98 Å². The second-order valence-electron chi connectivity index (χ2n) is 4.22. The lowest BCUT2D eigenvalue weighted by molar-refractivity contribution is -0.116. The summed E-state index contributed by atoms with van der Waals surface area (Å²) in [6.45, 7) is 3.65. The van der Waals surface area contributed by atoms with Crippen molar-refractivity contribution in [2.45, 2.75) is 19.3 Å². The van der Waals surface area contributed by atoms with E-state index >= 15 is 0 Å². The number of rotatable bonds is 5. The number of hydrogen-bond donors (Lipinski definition) is 1. The molecule has 1 heterocycles. The maximum Gasteiger partial charge on any atom is 0.224 e. The highest BCUT2D eigenvalue weighted by Crippen LogP contribution is 2.25. The van der Waals surface area contributed by atoms with Crippen LogP contribution < -0.4 is 5.32 Å². The number of halogens is 1. The zero-order valence-electron chi connectivity index (χ0n) is 10.5. The molecular weight excluding hydrogens is 351 g/mol. The predicted octanol–water partition coefficient (Wildman–Crippen LogP) is 4.13. The van der Waals surface area contributed by atoms with Crippen LogP contribution in [0.4, 0.5) is 5.69 Å². The van der Waals surface area contributed by atoms with Crippen LogP contribution in [-0.2, 0) is 4.79 Å². The van der Waals surface area contributed by atoms with Crippen molar-refractivity contribution >= 4 is 45.1 Å². The summed E-state index contributed by atoms with van der Waals surface area (Å²) in [5, 5.41) is 3.99. The number of carbonyl (C=O) groups excluding carboxylic acids is 1. The third-order valence-corrected chi connectivity index (χ3v) is 3.74. The molecule has 0 atom stereocenters. The molecule has 1 aromatic heterocycles. The number of nitrogens with zero attached hydrogens (tertiary/aromatic N) is 1. The van der Waals surface area contributed by atoms with E-state index in [1.54, 1.807) is 6.20 Å². The number of carbonyl (C=O) groups is 1. The van der Waals surface area contributed by atoms with Crippen LogP contribution in [0.1, 0.15) is 19.3 Å². The number of amides is 1. The van der Waals surface area contributed by atoms with Gasteiger partial charge in [-0.05, 0) is 53.6 Å². The van der Waals surface area contributed by atoms with Gasteiger partial charge in [-0.2, -0.15) is 0 Å². The largest absolute Gasteiger partial charge is 0.324 e. The molecule has 0 spiro atoms. The van der Waals surface area contributed by atoms with Gasteiger partial charge in [-0.25, -0.2) is 0 Å². The average Bonchev–Trinajstić information content (AvgIpc) is 2.43. The Kier molecular flexibility index (Phi) is 4.90. The van der Waals surface area contributed by atoms with Crippen LogP contribution in [0, 0.1) is 3.57 Å². The summed E-state index contributed by atoms with van der Waals surface area (Å²) in [7, 11) is 0. The monoisotopic (exact) mass is 366 g/mol. The highest BCUT2D eigenvalue weighted by atomic mass is 127. The van der Waals surface area contributed by atoms with Gasteiger partial charge in [0.1, 0.15) is 0 Å². The predicted molar refractivity (Wildman–Crippen MR) is 87.1 cm³/mol. The molecule has 1 aromatic carbocycles. The summed E-state index contributed by atoms with van der Waals surface area (Å²) in [5.74, 6) is 0.0232. The standard InChI is InChI=1S/C15H15IN2O/c1-2-3-4-7-14(19)18-13-9-8-12(16)11-6-5-10-17-15(11)13/h2,5-6,8-10H,1,3-4,7H2,(H,18,19). The zero-order chi connectivity index (χ0) is 13.7. The SMILES string of the molecule is C=CCCCC(=O)Nc1ccc(I)c2cccnc12. The van der Waals surface area contributed by atoms with Crippen LogP contribution in [0.5, 0.6) is 0 Å². The molecule has 0 fully saturated rings. The fourth-order valence-electron chi connectivity index (χ4n) is 1.86.